The summed E-state index contributed by atoms with van der Waals surface area (Å²) in [6.07, 6.45) is 4.15. The average molecular weight is 256 g/mol. The number of likely N-dealkylation sites (tertiary alicyclic amines) is 1. The molecule has 1 atom stereocenters. The van der Waals surface area contributed by atoms with Gasteiger partial charge in [-0.05, 0) is 37.0 Å². The summed E-state index contributed by atoms with van der Waals surface area (Å²) in [5, 5.41) is 1.03. The SMILES string of the molecule is CC(C)C1CCCN1C(=O)c1cccc2[nH]ccc12. The molecule has 3 rings (SSSR count). The Morgan fingerprint density at radius 2 is 2.21 bits per heavy atom. The van der Waals surface area contributed by atoms with Gasteiger partial charge in [-0.15, -0.1) is 0 Å². The quantitative estimate of drug-likeness (QED) is 0.878. The van der Waals surface area contributed by atoms with Crippen LogP contribution in [0.25, 0.3) is 10.9 Å². The van der Waals surface area contributed by atoms with Gasteiger partial charge in [0.2, 0.25) is 0 Å². The van der Waals surface area contributed by atoms with Crippen LogP contribution < -0.4 is 0 Å². The smallest absolute Gasteiger partial charge is 0.254 e. The minimum absolute atomic E-state index is 0.182. The minimum atomic E-state index is 0.182. The second-order valence-electron chi connectivity index (χ2n) is 5.70. The van der Waals surface area contributed by atoms with Crippen molar-refractivity contribution in [3.05, 3.63) is 36.0 Å². The van der Waals surface area contributed by atoms with E-state index in [1.54, 1.807) is 0 Å². The van der Waals surface area contributed by atoms with Gasteiger partial charge in [0.1, 0.15) is 0 Å². The Kier molecular flexibility index (Phi) is 3.05. The second kappa shape index (κ2) is 4.72. The third-order valence-corrected chi connectivity index (χ3v) is 4.16. The van der Waals surface area contributed by atoms with Crippen molar-refractivity contribution in [2.45, 2.75) is 32.7 Å². The molecule has 0 radical (unpaired) electrons. The molecule has 0 spiro atoms. The molecule has 19 heavy (non-hydrogen) atoms. The third kappa shape index (κ3) is 2.03. The van der Waals surface area contributed by atoms with Crippen LogP contribution in [-0.2, 0) is 0 Å². The number of carbonyl (C=O) groups excluding carboxylic acids is 1. The van der Waals surface area contributed by atoms with Crippen LogP contribution in [0.2, 0.25) is 0 Å². The van der Waals surface area contributed by atoms with Crippen LogP contribution in [0.1, 0.15) is 37.0 Å². The first-order valence-electron chi connectivity index (χ1n) is 7.05. The van der Waals surface area contributed by atoms with Gasteiger partial charge in [0, 0.05) is 35.2 Å². The molecule has 1 aliphatic rings. The zero-order valence-corrected chi connectivity index (χ0v) is 11.5. The van der Waals surface area contributed by atoms with E-state index in [9.17, 15) is 4.79 Å². The lowest BCUT2D eigenvalue weighted by Crippen LogP contribution is -2.38. The van der Waals surface area contributed by atoms with Crippen molar-refractivity contribution in [2.24, 2.45) is 5.92 Å². The molecule has 2 aromatic rings. The predicted octanol–water partition coefficient (Wildman–Crippen LogP) is 3.43. The van der Waals surface area contributed by atoms with E-state index < -0.39 is 0 Å². The zero-order chi connectivity index (χ0) is 13.4. The maximum Gasteiger partial charge on any atom is 0.254 e. The molecule has 1 fully saturated rings. The van der Waals surface area contributed by atoms with Crippen molar-refractivity contribution in [1.82, 2.24) is 9.88 Å². The molecule has 3 heteroatoms. The van der Waals surface area contributed by atoms with Crippen LogP contribution in [0, 0.1) is 5.92 Å². The molecule has 2 heterocycles. The molecule has 100 valence electrons. The Balaban J connectivity index is 1.97. The number of aromatic nitrogens is 1. The Hall–Kier alpha value is -1.77. The molecule has 1 amide bonds. The van der Waals surface area contributed by atoms with Gasteiger partial charge in [-0.2, -0.15) is 0 Å². The summed E-state index contributed by atoms with van der Waals surface area (Å²) in [6.45, 7) is 5.29. The number of carbonyl (C=O) groups is 1. The lowest BCUT2D eigenvalue weighted by Gasteiger charge is -2.28. The highest BCUT2D eigenvalue weighted by molar-refractivity contribution is 6.06. The fraction of sp³-hybridized carbons (Fsp3) is 0.438. The number of benzene rings is 1. The van der Waals surface area contributed by atoms with Crippen molar-refractivity contribution in [2.75, 3.05) is 6.54 Å². The minimum Gasteiger partial charge on any atom is -0.361 e. The number of hydrogen-bond donors (Lipinski definition) is 1. The lowest BCUT2D eigenvalue weighted by atomic mass is 10.0. The van der Waals surface area contributed by atoms with Gasteiger partial charge in [0.15, 0.2) is 0 Å². The average Bonchev–Trinajstić information content (AvgIpc) is 3.05. The molecule has 1 aromatic heterocycles. The third-order valence-electron chi connectivity index (χ3n) is 4.16. The Morgan fingerprint density at radius 1 is 1.37 bits per heavy atom. The van der Waals surface area contributed by atoms with E-state index in [2.05, 4.69) is 23.7 Å². The van der Waals surface area contributed by atoms with Gasteiger partial charge in [0.25, 0.3) is 5.91 Å². The topological polar surface area (TPSA) is 36.1 Å². The monoisotopic (exact) mass is 256 g/mol. The molecular weight excluding hydrogens is 236 g/mol. The van der Waals surface area contributed by atoms with Gasteiger partial charge >= 0.3 is 0 Å². The largest absolute Gasteiger partial charge is 0.361 e. The van der Waals surface area contributed by atoms with Crippen molar-refractivity contribution < 1.29 is 4.79 Å². The molecule has 0 aliphatic carbocycles. The number of aromatic amines is 1. The van der Waals surface area contributed by atoms with E-state index in [4.69, 9.17) is 0 Å². The number of amides is 1. The van der Waals surface area contributed by atoms with Crippen LogP contribution in [0.5, 0.6) is 0 Å². The number of nitrogens with zero attached hydrogens (tertiary/aromatic N) is 1. The summed E-state index contributed by atoms with van der Waals surface area (Å²) in [7, 11) is 0. The maximum atomic E-state index is 12.8. The van der Waals surface area contributed by atoms with Gasteiger partial charge in [-0.3, -0.25) is 4.79 Å². The summed E-state index contributed by atoms with van der Waals surface area (Å²) in [5.41, 5.74) is 1.86. The fourth-order valence-electron chi connectivity index (χ4n) is 3.16. The maximum absolute atomic E-state index is 12.8. The molecule has 3 nitrogen and oxygen atoms in total. The van der Waals surface area contributed by atoms with E-state index in [0.29, 0.717) is 12.0 Å². The molecule has 1 aliphatic heterocycles. The van der Waals surface area contributed by atoms with Crippen LogP contribution in [-0.4, -0.2) is 28.4 Å². The molecular formula is C16H20N2O. The second-order valence-corrected chi connectivity index (χ2v) is 5.70. The Morgan fingerprint density at radius 3 is 3.00 bits per heavy atom. The highest BCUT2D eigenvalue weighted by Crippen LogP contribution is 2.27. The summed E-state index contributed by atoms with van der Waals surface area (Å²) in [6, 6.07) is 8.28. The van der Waals surface area contributed by atoms with Crippen molar-refractivity contribution in [3.8, 4) is 0 Å². The number of fused-ring (bicyclic) bond motifs is 1. The van der Waals surface area contributed by atoms with Gasteiger partial charge in [0.05, 0.1) is 0 Å². The number of hydrogen-bond acceptors (Lipinski definition) is 1. The molecule has 1 saturated heterocycles. The molecule has 0 bridgehead atoms. The first-order chi connectivity index (χ1) is 9.18. The number of rotatable bonds is 2. The first-order valence-corrected chi connectivity index (χ1v) is 7.05. The van der Waals surface area contributed by atoms with E-state index in [1.807, 2.05) is 30.5 Å². The standard InChI is InChI=1S/C16H20N2O/c1-11(2)15-7-4-10-18(15)16(19)13-5-3-6-14-12(13)8-9-17-14/h3,5-6,8-9,11,15,17H,4,7,10H2,1-2H3. The van der Waals surface area contributed by atoms with E-state index in [0.717, 1.165) is 35.9 Å². The summed E-state index contributed by atoms with van der Waals surface area (Å²) >= 11 is 0. The molecule has 1 unspecified atom stereocenters. The summed E-state index contributed by atoms with van der Waals surface area (Å²) < 4.78 is 0. The number of H-pyrrole nitrogens is 1. The highest BCUT2D eigenvalue weighted by Gasteiger charge is 2.31. The van der Waals surface area contributed by atoms with Crippen LogP contribution in [0.4, 0.5) is 0 Å². The summed E-state index contributed by atoms with van der Waals surface area (Å²) in [4.78, 5) is 18.0. The first kappa shape index (κ1) is 12.3. The fourth-order valence-corrected chi connectivity index (χ4v) is 3.16. The lowest BCUT2D eigenvalue weighted by molar-refractivity contribution is 0.0703. The van der Waals surface area contributed by atoms with Crippen molar-refractivity contribution in [3.63, 3.8) is 0 Å². The van der Waals surface area contributed by atoms with Gasteiger partial charge in [-0.1, -0.05) is 19.9 Å². The van der Waals surface area contributed by atoms with Gasteiger partial charge in [-0.25, -0.2) is 0 Å². The Bertz CT molecular complexity index is 600. The van der Waals surface area contributed by atoms with Gasteiger partial charge < -0.3 is 9.88 Å². The van der Waals surface area contributed by atoms with Crippen LogP contribution in [0.3, 0.4) is 0 Å². The van der Waals surface area contributed by atoms with Crippen molar-refractivity contribution >= 4 is 16.8 Å². The molecule has 1 aromatic carbocycles. The Labute approximate surface area is 113 Å². The molecule has 0 saturated carbocycles. The highest BCUT2D eigenvalue weighted by atomic mass is 16.2. The molecule has 1 N–H and O–H groups in total. The summed E-state index contributed by atoms with van der Waals surface area (Å²) in [5.74, 6) is 0.707. The predicted molar refractivity (Wildman–Crippen MR) is 77.2 cm³/mol. The van der Waals surface area contributed by atoms with E-state index in [1.165, 1.54) is 0 Å². The van der Waals surface area contributed by atoms with Crippen LogP contribution in [0.15, 0.2) is 30.5 Å². The number of nitrogens with one attached hydrogen (secondary N) is 1. The van der Waals surface area contributed by atoms with E-state index >= 15 is 0 Å². The zero-order valence-electron chi connectivity index (χ0n) is 11.5. The van der Waals surface area contributed by atoms with Crippen molar-refractivity contribution in [1.29, 1.82) is 0 Å². The van der Waals surface area contributed by atoms with Crippen LogP contribution >= 0.6 is 0 Å². The normalized spacial score (nSPS) is 19.5. The van der Waals surface area contributed by atoms with E-state index in [-0.39, 0.29) is 5.91 Å².